The Bertz CT molecular complexity index is 1610. The summed E-state index contributed by atoms with van der Waals surface area (Å²) in [6.45, 7) is 0.521. The standard InChI is InChI=1S/C30H28N4O8S/c1-40-21-9-6-19(7-10-21)32-28(35)23-12-8-20(34(38)39)17-25(23)33-29(36)24-13-11-22(41-2)18-26(24)42-15-4-14-31-30(37)27-5-3-16-43-27/h3,5-13,16-18H,4,14-15H2,1-2H3,(H,31,37)(H,32,35)(H,33,36). The number of nitro groups is 1. The van der Waals surface area contributed by atoms with E-state index in [4.69, 9.17) is 14.2 Å². The van der Waals surface area contributed by atoms with Crippen LogP contribution in [0.2, 0.25) is 0 Å². The topological polar surface area (TPSA) is 158 Å². The lowest BCUT2D eigenvalue weighted by Gasteiger charge is -2.15. The fraction of sp³-hybridized carbons (Fsp3) is 0.167. The highest BCUT2D eigenvalue weighted by atomic mass is 32.1. The van der Waals surface area contributed by atoms with Crippen molar-refractivity contribution >= 4 is 46.1 Å². The molecule has 0 spiro atoms. The number of nitrogens with zero attached hydrogens (tertiary/aromatic N) is 1. The molecule has 12 nitrogen and oxygen atoms in total. The molecule has 3 N–H and O–H groups in total. The van der Waals surface area contributed by atoms with Gasteiger partial charge < -0.3 is 30.2 Å². The second-order valence-electron chi connectivity index (χ2n) is 8.92. The van der Waals surface area contributed by atoms with Crippen molar-refractivity contribution in [3.05, 3.63) is 104 Å². The molecule has 4 aromatic rings. The Morgan fingerprint density at radius 2 is 1.53 bits per heavy atom. The van der Waals surface area contributed by atoms with Gasteiger partial charge in [-0.3, -0.25) is 24.5 Å². The van der Waals surface area contributed by atoms with E-state index < -0.39 is 16.7 Å². The van der Waals surface area contributed by atoms with Crippen molar-refractivity contribution < 1.29 is 33.5 Å². The zero-order valence-electron chi connectivity index (χ0n) is 23.2. The Hall–Kier alpha value is -5.43. The molecule has 4 rings (SSSR count). The molecule has 0 fully saturated rings. The number of carbonyl (C=O) groups is 3. The fourth-order valence-corrected chi connectivity index (χ4v) is 4.54. The molecule has 222 valence electrons. The van der Waals surface area contributed by atoms with Crippen molar-refractivity contribution in [3.8, 4) is 17.2 Å². The number of amides is 3. The highest BCUT2D eigenvalue weighted by Crippen LogP contribution is 2.29. The number of anilines is 2. The molecule has 0 saturated carbocycles. The van der Waals surface area contributed by atoms with Gasteiger partial charge in [0.2, 0.25) is 0 Å². The van der Waals surface area contributed by atoms with Crippen LogP contribution in [0.15, 0.2) is 78.2 Å². The maximum Gasteiger partial charge on any atom is 0.271 e. The van der Waals surface area contributed by atoms with Crippen molar-refractivity contribution in [1.82, 2.24) is 5.32 Å². The Morgan fingerprint density at radius 3 is 2.21 bits per heavy atom. The van der Waals surface area contributed by atoms with E-state index in [0.717, 1.165) is 6.07 Å². The van der Waals surface area contributed by atoms with Gasteiger partial charge in [0.15, 0.2) is 0 Å². The summed E-state index contributed by atoms with van der Waals surface area (Å²) in [6, 6.07) is 18.3. The Balaban J connectivity index is 1.49. The molecule has 43 heavy (non-hydrogen) atoms. The first-order valence-electron chi connectivity index (χ1n) is 13.0. The first-order chi connectivity index (χ1) is 20.8. The third kappa shape index (κ3) is 8.07. The molecular weight excluding hydrogens is 576 g/mol. The van der Waals surface area contributed by atoms with E-state index >= 15 is 0 Å². The summed E-state index contributed by atoms with van der Waals surface area (Å²) in [5, 5.41) is 21.4. The minimum Gasteiger partial charge on any atom is -0.497 e. The molecule has 0 saturated heterocycles. The van der Waals surface area contributed by atoms with Gasteiger partial charge in [0.05, 0.1) is 47.4 Å². The Kier molecular flexibility index (Phi) is 10.3. The molecule has 3 amide bonds. The summed E-state index contributed by atoms with van der Waals surface area (Å²) >= 11 is 1.34. The maximum absolute atomic E-state index is 13.4. The van der Waals surface area contributed by atoms with Crippen LogP contribution in [-0.2, 0) is 0 Å². The molecule has 1 heterocycles. The molecule has 0 aliphatic rings. The number of non-ortho nitro benzene ring substituents is 1. The normalized spacial score (nSPS) is 10.4. The van der Waals surface area contributed by atoms with Gasteiger partial charge in [-0.05, 0) is 60.3 Å². The zero-order valence-corrected chi connectivity index (χ0v) is 24.1. The number of nitrogens with one attached hydrogen (secondary N) is 3. The van der Waals surface area contributed by atoms with Crippen molar-refractivity contribution in [1.29, 1.82) is 0 Å². The second-order valence-corrected chi connectivity index (χ2v) is 9.87. The Labute approximate surface area is 250 Å². The Morgan fingerprint density at radius 1 is 0.837 bits per heavy atom. The summed E-state index contributed by atoms with van der Waals surface area (Å²) in [6.07, 6.45) is 0.454. The molecule has 1 aromatic heterocycles. The second kappa shape index (κ2) is 14.5. The van der Waals surface area contributed by atoms with Crippen LogP contribution in [0.3, 0.4) is 0 Å². The number of hydrogen-bond acceptors (Lipinski definition) is 9. The summed E-state index contributed by atoms with van der Waals surface area (Å²) in [7, 11) is 2.99. The lowest BCUT2D eigenvalue weighted by atomic mass is 10.1. The highest BCUT2D eigenvalue weighted by Gasteiger charge is 2.21. The summed E-state index contributed by atoms with van der Waals surface area (Å²) < 4.78 is 16.3. The third-order valence-electron chi connectivity index (χ3n) is 6.10. The van der Waals surface area contributed by atoms with Gasteiger partial charge in [0, 0.05) is 30.4 Å². The van der Waals surface area contributed by atoms with Crippen molar-refractivity contribution in [2.75, 3.05) is 38.0 Å². The van der Waals surface area contributed by atoms with Gasteiger partial charge in [-0.1, -0.05) is 6.07 Å². The minimum atomic E-state index is -0.664. The summed E-state index contributed by atoms with van der Waals surface area (Å²) in [5.41, 5.74) is 0.192. The van der Waals surface area contributed by atoms with Crippen molar-refractivity contribution in [2.45, 2.75) is 6.42 Å². The van der Waals surface area contributed by atoms with Crippen LogP contribution in [0.5, 0.6) is 17.2 Å². The predicted molar refractivity (Wildman–Crippen MR) is 162 cm³/mol. The number of hydrogen-bond donors (Lipinski definition) is 3. The molecule has 0 aliphatic heterocycles. The smallest absolute Gasteiger partial charge is 0.271 e. The quantitative estimate of drug-likeness (QED) is 0.104. The molecule has 0 radical (unpaired) electrons. The average molecular weight is 605 g/mol. The average Bonchev–Trinajstić information content (AvgIpc) is 3.56. The monoisotopic (exact) mass is 604 g/mol. The number of carbonyl (C=O) groups excluding carboxylic acids is 3. The predicted octanol–water partition coefficient (Wildman–Crippen LogP) is 5.38. The van der Waals surface area contributed by atoms with Crippen LogP contribution in [0.4, 0.5) is 17.1 Å². The van der Waals surface area contributed by atoms with Crippen LogP contribution in [0.1, 0.15) is 36.8 Å². The number of rotatable bonds is 13. The zero-order chi connectivity index (χ0) is 30.8. The first kappa shape index (κ1) is 30.5. The van der Waals surface area contributed by atoms with Crippen LogP contribution in [0.25, 0.3) is 0 Å². The molecule has 0 bridgehead atoms. The summed E-state index contributed by atoms with van der Waals surface area (Å²) in [4.78, 5) is 50.1. The number of nitro benzene ring substituents is 1. The highest BCUT2D eigenvalue weighted by molar-refractivity contribution is 7.12. The van der Waals surface area contributed by atoms with Gasteiger partial charge >= 0.3 is 0 Å². The fourth-order valence-electron chi connectivity index (χ4n) is 3.90. The van der Waals surface area contributed by atoms with E-state index in [2.05, 4.69) is 16.0 Å². The van der Waals surface area contributed by atoms with E-state index in [1.165, 1.54) is 49.8 Å². The molecule has 13 heteroatoms. The number of benzene rings is 3. The third-order valence-corrected chi connectivity index (χ3v) is 6.97. The SMILES string of the molecule is COc1ccc(NC(=O)c2ccc([N+](=O)[O-])cc2NC(=O)c2ccc(OC)cc2OCCCNC(=O)c2cccs2)cc1. The van der Waals surface area contributed by atoms with E-state index in [-0.39, 0.29) is 40.8 Å². The molecule has 3 aromatic carbocycles. The van der Waals surface area contributed by atoms with Crippen LogP contribution in [0, 0.1) is 10.1 Å². The summed E-state index contributed by atoms with van der Waals surface area (Å²) in [5.74, 6) is -0.209. The van der Waals surface area contributed by atoms with Gasteiger partial charge in [-0.2, -0.15) is 0 Å². The molecular formula is C30H28N4O8S. The largest absolute Gasteiger partial charge is 0.497 e. The first-order valence-corrected chi connectivity index (χ1v) is 13.8. The molecule has 0 atom stereocenters. The van der Waals surface area contributed by atoms with E-state index in [1.807, 2.05) is 5.38 Å². The number of methoxy groups -OCH3 is 2. The molecule has 0 aliphatic carbocycles. The van der Waals surface area contributed by atoms with E-state index in [1.54, 1.807) is 42.5 Å². The number of thiophene rings is 1. The maximum atomic E-state index is 13.4. The lowest BCUT2D eigenvalue weighted by molar-refractivity contribution is -0.384. The minimum absolute atomic E-state index is 0.00669. The van der Waals surface area contributed by atoms with Crippen molar-refractivity contribution in [3.63, 3.8) is 0 Å². The lowest BCUT2D eigenvalue weighted by Crippen LogP contribution is -2.25. The number of ether oxygens (including phenoxy) is 3. The van der Waals surface area contributed by atoms with E-state index in [9.17, 15) is 24.5 Å². The van der Waals surface area contributed by atoms with Gasteiger partial charge in [0.25, 0.3) is 23.4 Å². The van der Waals surface area contributed by atoms with Crippen molar-refractivity contribution in [2.24, 2.45) is 0 Å². The van der Waals surface area contributed by atoms with Crippen LogP contribution >= 0.6 is 11.3 Å². The van der Waals surface area contributed by atoms with Crippen LogP contribution in [-0.4, -0.2) is 50.0 Å². The van der Waals surface area contributed by atoms with E-state index in [0.29, 0.717) is 35.0 Å². The van der Waals surface area contributed by atoms with Gasteiger partial charge in [-0.15, -0.1) is 11.3 Å². The molecule has 0 unspecified atom stereocenters. The van der Waals surface area contributed by atoms with Gasteiger partial charge in [-0.25, -0.2) is 0 Å². The van der Waals surface area contributed by atoms with Crippen LogP contribution < -0.4 is 30.2 Å². The van der Waals surface area contributed by atoms with Gasteiger partial charge in [0.1, 0.15) is 17.2 Å².